The normalized spacial score (nSPS) is 13.7. The highest BCUT2D eigenvalue weighted by molar-refractivity contribution is 5.47. The summed E-state index contributed by atoms with van der Waals surface area (Å²) in [7, 11) is 0. The molecular weight excluding hydrogens is 504 g/mol. The van der Waals surface area contributed by atoms with Gasteiger partial charge < -0.3 is 15.3 Å². The summed E-state index contributed by atoms with van der Waals surface area (Å²) in [6, 6.07) is 12.5. The first-order valence-electron chi connectivity index (χ1n) is 15.5. The van der Waals surface area contributed by atoms with E-state index in [-0.39, 0.29) is 11.3 Å². The van der Waals surface area contributed by atoms with Crippen molar-refractivity contribution >= 4 is 0 Å². The first-order chi connectivity index (χ1) is 19.0. The van der Waals surface area contributed by atoms with E-state index in [1.807, 2.05) is 18.2 Å². The number of hydrogen-bond acceptors (Lipinski definition) is 3. The smallest absolute Gasteiger partial charge is 0.119 e. The average molecular weight is 559 g/mol. The molecule has 2 atom stereocenters. The SMILES string of the molecule is Cc1cc(O)c(CC(C)C)cc1CC(Cc1cc(C(C)(C)C)c(O)cc1C)CC(C)c1cc(C(C)C)c(O)cc1C. The molecule has 3 nitrogen and oxygen atoms in total. The Kier molecular flexibility index (Phi) is 10.3. The van der Waals surface area contributed by atoms with Gasteiger partial charge in [0.2, 0.25) is 0 Å². The van der Waals surface area contributed by atoms with Crippen LogP contribution in [0.1, 0.15) is 124 Å². The monoisotopic (exact) mass is 558 g/mol. The summed E-state index contributed by atoms with van der Waals surface area (Å²) < 4.78 is 0. The predicted molar refractivity (Wildman–Crippen MR) is 174 cm³/mol. The van der Waals surface area contributed by atoms with Gasteiger partial charge >= 0.3 is 0 Å². The molecule has 0 spiro atoms. The first-order valence-corrected chi connectivity index (χ1v) is 15.5. The molecule has 3 N–H and O–H groups in total. The molecule has 3 aromatic rings. The zero-order valence-electron chi connectivity index (χ0n) is 27.4. The number of phenolic OH excluding ortho intramolecular Hbond substituents is 3. The number of phenols is 3. The first kappa shape index (κ1) is 32.6. The fourth-order valence-corrected chi connectivity index (χ4v) is 6.38. The molecule has 0 aliphatic heterocycles. The summed E-state index contributed by atoms with van der Waals surface area (Å²) >= 11 is 0. The fourth-order valence-electron chi connectivity index (χ4n) is 6.38. The minimum Gasteiger partial charge on any atom is -0.508 e. The van der Waals surface area contributed by atoms with Gasteiger partial charge in [0.05, 0.1) is 0 Å². The van der Waals surface area contributed by atoms with E-state index < -0.39 is 0 Å². The van der Waals surface area contributed by atoms with Crippen LogP contribution in [0.5, 0.6) is 17.2 Å². The molecule has 224 valence electrons. The van der Waals surface area contributed by atoms with Gasteiger partial charge in [0, 0.05) is 0 Å². The van der Waals surface area contributed by atoms with E-state index in [9.17, 15) is 15.3 Å². The van der Waals surface area contributed by atoms with E-state index in [1.165, 1.54) is 16.7 Å². The van der Waals surface area contributed by atoms with Crippen LogP contribution in [0.4, 0.5) is 0 Å². The molecule has 0 bridgehead atoms. The zero-order chi connectivity index (χ0) is 30.8. The van der Waals surface area contributed by atoms with Crippen LogP contribution >= 0.6 is 0 Å². The van der Waals surface area contributed by atoms with Gasteiger partial charge in [0.1, 0.15) is 17.2 Å². The number of rotatable bonds is 10. The summed E-state index contributed by atoms with van der Waals surface area (Å²) in [5.41, 5.74) is 10.2. The van der Waals surface area contributed by atoms with Gasteiger partial charge in [0.25, 0.3) is 0 Å². The van der Waals surface area contributed by atoms with Crippen molar-refractivity contribution in [1.82, 2.24) is 0 Å². The van der Waals surface area contributed by atoms with E-state index in [2.05, 4.69) is 94.4 Å². The van der Waals surface area contributed by atoms with Crippen molar-refractivity contribution in [2.75, 3.05) is 0 Å². The zero-order valence-corrected chi connectivity index (χ0v) is 27.4. The molecule has 3 heteroatoms. The lowest BCUT2D eigenvalue weighted by Crippen LogP contribution is -2.16. The highest BCUT2D eigenvalue weighted by Gasteiger charge is 2.24. The van der Waals surface area contributed by atoms with E-state index in [0.717, 1.165) is 59.1 Å². The number of aryl methyl sites for hydroxylation is 3. The summed E-state index contributed by atoms with van der Waals surface area (Å²) in [6.07, 6.45) is 3.68. The van der Waals surface area contributed by atoms with Crippen molar-refractivity contribution in [2.45, 2.75) is 119 Å². The van der Waals surface area contributed by atoms with Crippen molar-refractivity contribution in [1.29, 1.82) is 0 Å². The lowest BCUT2D eigenvalue weighted by Gasteiger charge is -2.27. The van der Waals surface area contributed by atoms with Crippen LogP contribution < -0.4 is 0 Å². The van der Waals surface area contributed by atoms with Crippen LogP contribution in [-0.2, 0) is 24.7 Å². The molecule has 0 fully saturated rings. The fraction of sp³-hybridized carbons (Fsp3) is 0.526. The Labute approximate surface area is 249 Å². The summed E-state index contributed by atoms with van der Waals surface area (Å²) in [5.74, 6) is 2.54. The summed E-state index contributed by atoms with van der Waals surface area (Å²) in [4.78, 5) is 0. The van der Waals surface area contributed by atoms with Crippen LogP contribution in [-0.4, -0.2) is 15.3 Å². The molecule has 41 heavy (non-hydrogen) atoms. The highest BCUT2D eigenvalue weighted by atomic mass is 16.3. The second kappa shape index (κ2) is 12.9. The molecule has 0 heterocycles. The Morgan fingerprint density at radius 2 is 1.12 bits per heavy atom. The summed E-state index contributed by atoms with van der Waals surface area (Å²) in [5, 5.41) is 32.0. The molecule has 0 amide bonds. The van der Waals surface area contributed by atoms with Crippen LogP contribution in [0, 0.1) is 32.6 Å². The van der Waals surface area contributed by atoms with Crippen molar-refractivity contribution in [3.05, 3.63) is 86.5 Å². The minimum absolute atomic E-state index is 0.148. The quantitative estimate of drug-likeness (QED) is 0.232. The van der Waals surface area contributed by atoms with E-state index in [4.69, 9.17) is 0 Å². The molecule has 3 aromatic carbocycles. The van der Waals surface area contributed by atoms with E-state index in [0.29, 0.717) is 35.0 Å². The number of aromatic hydroxyl groups is 3. The van der Waals surface area contributed by atoms with Crippen molar-refractivity contribution < 1.29 is 15.3 Å². The summed E-state index contributed by atoms with van der Waals surface area (Å²) in [6.45, 7) is 23.7. The maximum Gasteiger partial charge on any atom is 0.119 e. The Hall–Kier alpha value is -2.94. The molecule has 3 rings (SSSR count). The molecule has 0 aliphatic carbocycles. The Morgan fingerprint density at radius 1 is 0.585 bits per heavy atom. The largest absolute Gasteiger partial charge is 0.508 e. The Bertz CT molecular complexity index is 1360. The Morgan fingerprint density at radius 3 is 1.66 bits per heavy atom. The molecule has 0 aromatic heterocycles. The third-order valence-electron chi connectivity index (χ3n) is 8.70. The minimum atomic E-state index is -0.148. The molecule has 0 saturated heterocycles. The Balaban J connectivity index is 2.06. The van der Waals surface area contributed by atoms with Gasteiger partial charge in [-0.25, -0.2) is 0 Å². The van der Waals surface area contributed by atoms with Crippen molar-refractivity contribution in [2.24, 2.45) is 11.8 Å². The van der Waals surface area contributed by atoms with Gasteiger partial charge in [-0.15, -0.1) is 0 Å². The van der Waals surface area contributed by atoms with Crippen LogP contribution in [0.2, 0.25) is 0 Å². The number of benzene rings is 3. The van der Waals surface area contributed by atoms with Crippen LogP contribution in [0.25, 0.3) is 0 Å². The third-order valence-corrected chi connectivity index (χ3v) is 8.70. The standard InChI is InChI=1S/C38H54O3/c1-22(2)12-31-19-29(24(5)14-35(31)39)17-28(18-30-20-34(38(9,10)11)37(41)15-25(30)6)13-26(7)33-21-32(23(3)4)36(40)16-27(33)8/h14-16,19-23,26,28,39-41H,12-13,17-18H2,1-11H3. The maximum atomic E-state index is 10.8. The van der Waals surface area contributed by atoms with Gasteiger partial charge in [-0.3, -0.25) is 0 Å². The van der Waals surface area contributed by atoms with Crippen LogP contribution in [0.15, 0.2) is 36.4 Å². The molecule has 0 radical (unpaired) electrons. The van der Waals surface area contributed by atoms with Gasteiger partial charge in [-0.05, 0) is 144 Å². The highest BCUT2D eigenvalue weighted by Crippen LogP contribution is 2.38. The van der Waals surface area contributed by atoms with Crippen molar-refractivity contribution in [3.8, 4) is 17.2 Å². The average Bonchev–Trinajstić information content (AvgIpc) is 2.82. The third kappa shape index (κ3) is 8.09. The maximum absolute atomic E-state index is 10.8. The molecule has 0 aliphatic rings. The molecule has 0 saturated carbocycles. The lowest BCUT2D eigenvalue weighted by atomic mass is 9.78. The second-order valence-electron chi connectivity index (χ2n) is 14.4. The topological polar surface area (TPSA) is 60.7 Å². The van der Waals surface area contributed by atoms with E-state index in [1.54, 1.807) is 0 Å². The molecule has 2 unspecified atom stereocenters. The van der Waals surface area contributed by atoms with Gasteiger partial charge in [-0.1, -0.05) is 73.6 Å². The van der Waals surface area contributed by atoms with E-state index >= 15 is 0 Å². The van der Waals surface area contributed by atoms with Gasteiger partial charge in [-0.2, -0.15) is 0 Å². The van der Waals surface area contributed by atoms with Gasteiger partial charge in [0.15, 0.2) is 0 Å². The second-order valence-corrected chi connectivity index (χ2v) is 14.4. The van der Waals surface area contributed by atoms with Crippen molar-refractivity contribution in [3.63, 3.8) is 0 Å². The molecular formula is C38H54O3. The predicted octanol–water partition coefficient (Wildman–Crippen LogP) is 9.94. The lowest BCUT2D eigenvalue weighted by molar-refractivity contribution is 0.430. The number of hydrogen-bond donors (Lipinski definition) is 3. The van der Waals surface area contributed by atoms with Crippen LogP contribution in [0.3, 0.4) is 0 Å².